The highest BCUT2D eigenvalue weighted by atomic mass is 32.2. The van der Waals surface area contributed by atoms with Crippen LogP contribution >= 0.6 is 0 Å². The van der Waals surface area contributed by atoms with Crippen molar-refractivity contribution >= 4 is 21.6 Å². The van der Waals surface area contributed by atoms with Crippen LogP contribution in [0.3, 0.4) is 0 Å². The number of benzene rings is 2. The number of rotatable bonds is 6. The van der Waals surface area contributed by atoms with Crippen molar-refractivity contribution in [1.29, 1.82) is 0 Å². The fraction of sp³-hybridized carbons (Fsp3) is 0.235. The zero-order chi connectivity index (χ0) is 19.6. The molecule has 0 saturated carbocycles. The van der Waals surface area contributed by atoms with Crippen LogP contribution < -0.4 is 19.1 Å². The smallest absolute Gasteiger partial charge is 0.240 e. The lowest BCUT2D eigenvalue weighted by Gasteiger charge is -2.22. The van der Waals surface area contributed by atoms with E-state index in [0.717, 1.165) is 17.0 Å². The second-order valence-electron chi connectivity index (χ2n) is 5.68. The summed E-state index contributed by atoms with van der Waals surface area (Å²) in [7, 11) is -3.88. The Morgan fingerprint density at radius 3 is 2.59 bits per heavy atom. The van der Waals surface area contributed by atoms with Crippen LogP contribution in [-0.2, 0) is 14.8 Å². The van der Waals surface area contributed by atoms with Gasteiger partial charge in [-0.15, -0.1) is 0 Å². The van der Waals surface area contributed by atoms with E-state index in [-0.39, 0.29) is 30.5 Å². The lowest BCUT2D eigenvalue weighted by atomic mass is 10.2. The second kappa shape index (κ2) is 7.49. The van der Waals surface area contributed by atoms with Gasteiger partial charge in [0.25, 0.3) is 0 Å². The van der Waals surface area contributed by atoms with Crippen LogP contribution in [-0.4, -0.2) is 34.2 Å². The summed E-state index contributed by atoms with van der Waals surface area (Å²) in [6, 6.07) is 6.96. The number of carbonyl (C=O) groups excluding carboxylic acids is 1. The van der Waals surface area contributed by atoms with E-state index in [4.69, 9.17) is 9.47 Å². The van der Waals surface area contributed by atoms with Gasteiger partial charge in [0.15, 0.2) is 11.5 Å². The lowest BCUT2D eigenvalue weighted by molar-refractivity contribution is -0.116. The van der Waals surface area contributed by atoms with Gasteiger partial charge in [-0.2, -0.15) is 0 Å². The molecule has 1 aliphatic rings. The topological polar surface area (TPSA) is 84.9 Å². The van der Waals surface area contributed by atoms with Crippen molar-refractivity contribution in [3.8, 4) is 11.5 Å². The molecule has 7 nitrogen and oxygen atoms in total. The van der Waals surface area contributed by atoms with Gasteiger partial charge >= 0.3 is 0 Å². The van der Waals surface area contributed by atoms with Crippen molar-refractivity contribution in [2.75, 3.05) is 24.8 Å². The largest absolute Gasteiger partial charge is 0.454 e. The third-order valence-corrected chi connectivity index (χ3v) is 5.32. The minimum atomic E-state index is -3.88. The summed E-state index contributed by atoms with van der Waals surface area (Å²) in [5.74, 6) is -1.44. The number of nitrogens with one attached hydrogen (secondary N) is 1. The van der Waals surface area contributed by atoms with Crippen LogP contribution in [0.15, 0.2) is 41.3 Å². The van der Waals surface area contributed by atoms with Crippen LogP contribution in [0.2, 0.25) is 0 Å². The Morgan fingerprint density at radius 2 is 1.89 bits per heavy atom. The molecule has 1 heterocycles. The molecular formula is C17H16F2N2O5S. The Balaban J connectivity index is 1.70. The van der Waals surface area contributed by atoms with Crippen molar-refractivity contribution in [3.63, 3.8) is 0 Å². The van der Waals surface area contributed by atoms with Gasteiger partial charge in [-0.1, -0.05) is 0 Å². The summed E-state index contributed by atoms with van der Waals surface area (Å²) >= 11 is 0. The van der Waals surface area contributed by atoms with Crippen molar-refractivity contribution in [2.45, 2.75) is 11.8 Å². The molecular weight excluding hydrogens is 382 g/mol. The van der Waals surface area contributed by atoms with Crippen LogP contribution in [0.1, 0.15) is 6.92 Å². The highest BCUT2D eigenvalue weighted by molar-refractivity contribution is 7.89. The summed E-state index contributed by atoms with van der Waals surface area (Å²) in [6.45, 7) is 0.910. The van der Waals surface area contributed by atoms with Crippen LogP contribution in [0.25, 0.3) is 0 Å². The van der Waals surface area contributed by atoms with E-state index < -0.39 is 27.6 Å². The maximum Gasteiger partial charge on any atom is 0.240 e. The zero-order valence-electron chi connectivity index (χ0n) is 14.2. The maximum absolute atomic E-state index is 13.9. The van der Waals surface area contributed by atoms with Gasteiger partial charge in [-0.3, -0.25) is 4.79 Å². The number of nitrogens with zero attached hydrogens (tertiary/aromatic N) is 1. The number of carbonyl (C=O) groups is 1. The molecule has 0 aliphatic carbocycles. The van der Waals surface area contributed by atoms with E-state index in [9.17, 15) is 22.0 Å². The van der Waals surface area contributed by atoms with Crippen LogP contribution in [0.5, 0.6) is 11.5 Å². The first-order valence-corrected chi connectivity index (χ1v) is 9.39. The highest BCUT2D eigenvalue weighted by Gasteiger charge is 2.21. The molecule has 2 aromatic carbocycles. The molecule has 0 unspecified atom stereocenters. The Bertz CT molecular complexity index is 981. The predicted molar refractivity (Wildman–Crippen MR) is 92.1 cm³/mol. The van der Waals surface area contributed by atoms with Gasteiger partial charge < -0.3 is 14.4 Å². The molecule has 0 aromatic heterocycles. The highest BCUT2D eigenvalue weighted by Crippen LogP contribution is 2.33. The Hall–Kier alpha value is -2.72. The third kappa shape index (κ3) is 4.17. The summed E-state index contributed by atoms with van der Waals surface area (Å²) in [4.78, 5) is 12.8. The normalized spacial score (nSPS) is 12.9. The second-order valence-corrected chi connectivity index (χ2v) is 7.45. The Morgan fingerprint density at radius 1 is 1.15 bits per heavy atom. The molecule has 0 bridgehead atoms. The predicted octanol–water partition coefficient (Wildman–Crippen LogP) is 2.02. The lowest BCUT2D eigenvalue weighted by Crippen LogP contribution is -2.38. The number of hydrogen-bond donors (Lipinski definition) is 1. The summed E-state index contributed by atoms with van der Waals surface area (Å²) < 4.78 is 64.4. The molecule has 0 spiro atoms. The number of anilines is 1. The van der Waals surface area contributed by atoms with E-state index in [2.05, 4.69) is 4.72 Å². The number of sulfonamides is 1. The van der Waals surface area contributed by atoms with Crippen LogP contribution in [0, 0.1) is 11.6 Å². The van der Waals surface area contributed by atoms with Gasteiger partial charge in [0.2, 0.25) is 22.7 Å². The van der Waals surface area contributed by atoms with Gasteiger partial charge in [0.1, 0.15) is 11.6 Å². The standard InChI is InChI=1S/C17H16F2N2O5S/c1-11(22)21(15-4-2-12(18)8-14(15)19)7-6-20-27(23,24)13-3-5-16-17(9-13)26-10-25-16/h2-5,8-9,20H,6-7,10H2,1H3. The molecule has 10 heteroatoms. The van der Waals surface area contributed by atoms with E-state index in [1.165, 1.54) is 25.1 Å². The average Bonchev–Trinajstić information content (AvgIpc) is 3.07. The van der Waals surface area contributed by atoms with Crippen molar-refractivity contribution < 1.29 is 31.5 Å². The Kier molecular flexibility index (Phi) is 5.29. The number of hydrogen-bond acceptors (Lipinski definition) is 5. The molecule has 2 aromatic rings. The van der Waals surface area contributed by atoms with Crippen LogP contribution in [0.4, 0.5) is 14.5 Å². The SMILES string of the molecule is CC(=O)N(CCNS(=O)(=O)c1ccc2c(c1)OCO2)c1ccc(F)cc1F. The number of fused-ring (bicyclic) bond motifs is 1. The zero-order valence-corrected chi connectivity index (χ0v) is 15.1. The number of amides is 1. The molecule has 1 aliphatic heterocycles. The van der Waals surface area contributed by atoms with Crippen molar-refractivity contribution in [3.05, 3.63) is 48.0 Å². The minimum Gasteiger partial charge on any atom is -0.454 e. The molecule has 144 valence electrons. The molecule has 27 heavy (non-hydrogen) atoms. The fourth-order valence-electron chi connectivity index (χ4n) is 2.57. The monoisotopic (exact) mass is 398 g/mol. The maximum atomic E-state index is 13.9. The summed E-state index contributed by atoms with van der Waals surface area (Å²) in [6.07, 6.45) is 0. The molecule has 0 radical (unpaired) electrons. The summed E-state index contributed by atoms with van der Waals surface area (Å²) in [5, 5.41) is 0. The van der Waals surface area contributed by atoms with Crippen molar-refractivity contribution in [2.24, 2.45) is 0 Å². The molecule has 1 amide bonds. The first-order chi connectivity index (χ1) is 12.8. The number of halogens is 2. The molecule has 1 N–H and O–H groups in total. The molecule has 3 rings (SSSR count). The third-order valence-electron chi connectivity index (χ3n) is 3.86. The van der Waals surface area contributed by atoms with Gasteiger partial charge in [0.05, 0.1) is 10.6 Å². The minimum absolute atomic E-state index is 0.0169. The van der Waals surface area contributed by atoms with Gasteiger partial charge in [-0.25, -0.2) is 21.9 Å². The Labute approximate surface area is 154 Å². The van der Waals surface area contributed by atoms with Crippen molar-refractivity contribution in [1.82, 2.24) is 4.72 Å². The molecule has 0 atom stereocenters. The molecule has 0 fully saturated rings. The van der Waals surface area contributed by atoms with E-state index >= 15 is 0 Å². The van der Waals surface area contributed by atoms with Gasteiger partial charge in [-0.05, 0) is 24.3 Å². The number of ether oxygens (including phenoxy) is 2. The summed E-state index contributed by atoms with van der Waals surface area (Å²) in [5.41, 5.74) is -0.133. The molecule has 0 saturated heterocycles. The first-order valence-electron chi connectivity index (χ1n) is 7.90. The van der Waals surface area contributed by atoms with E-state index in [1.54, 1.807) is 0 Å². The van der Waals surface area contributed by atoms with E-state index in [1.807, 2.05) is 0 Å². The van der Waals surface area contributed by atoms with E-state index in [0.29, 0.717) is 17.6 Å². The average molecular weight is 398 g/mol. The van der Waals surface area contributed by atoms with Gasteiger partial charge in [0, 0.05) is 32.1 Å². The fourth-order valence-corrected chi connectivity index (χ4v) is 3.60. The first kappa shape index (κ1) is 19.1. The quantitative estimate of drug-likeness (QED) is 0.805.